The van der Waals surface area contributed by atoms with Gasteiger partial charge in [0.2, 0.25) is 0 Å². The van der Waals surface area contributed by atoms with Gasteiger partial charge in [-0.25, -0.2) is 5.43 Å². The smallest absolute Gasteiger partial charge is 0.277 e. The third-order valence-corrected chi connectivity index (χ3v) is 3.62. The topological polar surface area (TPSA) is 50.7 Å². The predicted octanol–water partition coefficient (Wildman–Crippen LogP) is 4.55. The lowest BCUT2D eigenvalue weighted by Gasteiger charge is -2.07. The third-order valence-electron chi connectivity index (χ3n) is 2.77. The third kappa shape index (κ3) is 7.48. The zero-order valence-electron chi connectivity index (χ0n) is 12.3. The second-order valence-corrected chi connectivity index (χ2v) is 5.99. The van der Waals surface area contributed by atoms with Crippen LogP contribution in [0.2, 0.25) is 5.02 Å². The van der Waals surface area contributed by atoms with Crippen molar-refractivity contribution < 1.29 is 9.53 Å². The maximum absolute atomic E-state index is 11.6. The second kappa shape index (κ2) is 9.79. The summed E-state index contributed by atoms with van der Waals surface area (Å²) < 4.78 is 6.11. The maximum Gasteiger partial charge on any atom is 0.277 e. The van der Waals surface area contributed by atoms with Gasteiger partial charge in [0.15, 0.2) is 6.61 Å². The van der Waals surface area contributed by atoms with Crippen LogP contribution in [0.15, 0.2) is 27.8 Å². The molecule has 0 saturated heterocycles. The highest BCUT2D eigenvalue weighted by Gasteiger charge is 2.05. The van der Waals surface area contributed by atoms with Gasteiger partial charge in [0.1, 0.15) is 5.75 Å². The Morgan fingerprint density at radius 1 is 1.43 bits per heavy atom. The molecule has 0 aliphatic rings. The molecule has 0 saturated carbocycles. The van der Waals surface area contributed by atoms with Crippen LogP contribution >= 0.6 is 27.5 Å². The molecule has 0 unspecified atom stereocenters. The molecule has 21 heavy (non-hydrogen) atoms. The summed E-state index contributed by atoms with van der Waals surface area (Å²) in [5.41, 5.74) is 3.41. The highest BCUT2D eigenvalue weighted by atomic mass is 79.9. The number of amides is 1. The standard InChI is InChI=1S/C15H20BrClN2O2/c1-3-4-5-6-11(2)18-19-15(20)10-21-14-8-7-12(17)9-13(14)16/h7-9H,3-6,10H2,1-2H3,(H,19,20)/b18-11+. The number of hydrogen-bond donors (Lipinski definition) is 1. The molecule has 116 valence electrons. The van der Waals surface area contributed by atoms with Gasteiger partial charge in [0.25, 0.3) is 5.91 Å². The molecule has 0 aliphatic heterocycles. The average molecular weight is 376 g/mol. The molecule has 0 heterocycles. The summed E-state index contributed by atoms with van der Waals surface area (Å²) in [5.74, 6) is 0.282. The lowest BCUT2D eigenvalue weighted by molar-refractivity contribution is -0.123. The van der Waals surface area contributed by atoms with E-state index in [9.17, 15) is 4.79 Å². The van der Waals surface area contributed by atoms with E-state index in [1.165, 1.54) is 12.8 Å². The lowest BCUT2D eigenvalue weighted by Crippen LogP contribution is -2.25. The number of hydrazone groups is 1. The number of unbranched alkanes of at least 4 members (excludes halogenated alkanes) is 2. The first-order valence-electron chi connectivity index (χ1n) is 6.92. The van der Waals surface area contributed by atoms with Crippen LogP contribution in [-0.2, 0) is 4.79 Å². The van der Waals surface area contributed by atoms with E-state index in [4.69, 9.17) is 16.3 Å². The van der Waals surface area contributed by atoms with Crippen LogP contribution in [-0.4, -0.2) is 18.2 Å². The SMILES string of the molecule is CCCCC/C(C)=N/NC(=O)COc1ccc(Cl)cc1Br. The Kier molecular flexibility index (Phi) is 8.38. The Labute approximate surface area is 139 Å². The van der Waals surface area contributed by atoms with Crippen molar-refractivity contribution in [1.82, 2.24) is 5.43 Å². The monoisotopic (exact) mass is 374 g/mol. The molecule has 6 heteroatoms. The number of rotatable bonds is 8. The van der Waals surface area contributed by atoms with Crippen molar-refractivity contribution in [3.63, 3.8) is 0 Å². The fraction of sp³-hybridized carbons (Fsp3) is 0.467. The molecule has 0 bridgehead atoms. The van der Waals surface area contributed by atoms with Gasteiger partial charge in [-0.3, -0.25) is 4.79 Å². The van der Waals surface area contributed by atoms with Gasteiger partial charge in [-0.2, -0.15) is 5.10 Å². The summed E-state index contributed by atoms with van der Waals surface area (Å²) in [5, 5.41) is 4.65. The molecule has 1 amide bonds. The van der Waals surface area contributed by atoms with E-state index in [0.29, 0.717) is 15.2 Å². The molecule has 0 radical (unpaired) electrons. The van der Waals surface area contributed by atoms with Crippen molar-refractivity contribution in [2.75, 3.05) is 6.61 Å². The fourth-order valence-corrected chi connectivity index (χ4v) is 2.41. The van der Waals surface area contributed by atoms with E-state index in [1.54, 1.807) is 18.2 Å². The number of carbonyl (C=O) groups excluding carboxylic acids is 1. The van der Waals surface area contributed by atoms with Gasteiger partial charge >= 0.3 is 0 Å². The molecular weight excluding hydrogens is 356 g/mol. The number of halogens is 2. The maximum atomic E-state index is 11.6. The minimum atomic E-state index is -0.285. The Balaban J connectivity index is 2.35. The summed E-state index contributed by atoms with van der Waals surface area (Å²) in [4.78, 5) is 11.6. The van der Waals surface area contributed by atoms with Crippen molar-refractivity contribution in [2.45, 2.75) is 39.5 Å². The van der Waals surface area contributed by atoms with E-state index in [-0.39, 0.29) is 12.5 Å². The van der Waals surface area contributed by atoms with Crippen molar-refractivity contribution in [1.29, 1.82) is 0 Å². The van der Waals surface area contributed by atoms with Crippen LogP contribution in [0.25, 0.3) is 0 Å². The minimum absolute atomic E-state index is 0.0913. The molecule has 0 atom stereocenters. The number of nitrogens with zero attached hydrogens (tertiary/aromatic N) is 1. The first-order valence-corrected chi connectivity index (χ1v) is 8.10. The molecule has 1 aromatic rings. The quantitative estimate of drug-likeness (QED) is 0.411. The van der Waals surface area contributed by atoms with Gasteiger partial charge in [-0.15, -0.1) is 0 Å². The van der Waals surface area contributed by atoms with E-state index in [2.05, 4.69) is 33.4 Å². The Hall–Kier alpha value is -1.07. The fourth-order valence-electron chi connectivity index (χ4n) is 1.61. The Bertz CT molecular complexity index is 506. The number of hydrogen-bond acceptors (Lipinski definition) is 3. The van der Waals surface area contributed by atoms with E-state index < -0.39 is 0 Å². The van der Waals surface area contributed by atoms with Gasteiger partial charge in [-0.05, 0) is 53.9 Å². The van der Waals surface area contributed by atoms with E-state index in [0.717, 1.165) is 18.6 Å². The van der Waals surface area contributed by atoms with Crippen molar-refractivity contribution in [3.8, 4) is 5.75 Å². The molecule has 0 aliphatic carbocycles. The molecule has 0 fully saturated rings. The van der Waals surface area contributed by atoms with Crippen molar-refractivity contribution in [3.05, 3.63) is 27.7 Å². The van der Waals surface area contributed by atoms with Crippen molar-refractivity contribution >= 4 is 39.1 Å². The normalized spacial score (nSPS) is 11.3. The number of carbonyl (C=O) groups is 1. The summed E-state index contributed by atoms with van der Waals surface area (Å²) in [6.07, 6.45) is 4.34. The number of ether oxygens (including phenoxy) is 1. The van der Waals surface area contributed by atoms with E-state index >= 15 is 0 Å². The summed E-state index contributed by atoms with van der Waals surface area (Å²) in [7, 11) is 0. The van der Waals surface area contributed by atoms with Crippen LogP contribution in [0.1, 0.15) is 39.5 Å². The highest BCUT2D eigenvalue weighted by Crippen LogP contribution is 2.27. The summed E-state index contributed by atoms with van der Waals surface area (Å²) in [6, 6.07) is 5.12. The number of nitrogens with one attached hydrogen (secondary N) is 1. The van der Waals surface area contributed by atoms with Crippen LogP contribution in [0, 0.1) is 0 Å². The zero-order valence-corrected chi connectivity index (χ0v) is 14.6. The molecular formula is C15H20BrClN2O2. The molecule has 0 aromatic heterocycles. The first kappa shape index (κ1) is 18.0. The Morgan fingerprint density at radius 2 is 2.19 bits per heavy atom. The average Bonchev–Trinajstić information content (AvgIpc) is 2.44. The largest absolute Gasteiger partial charge is 0.483 e. The van der Waals surface area contributed by atoms with Crippen LogP contribution in [0.5, 0.6) is 5.75 Å². The van der Waals surface area contributed by atoms with Crippen molar-refractivity contribution in [2.24, 2.45) is 5.10 Å². The summed E-state index contributed by atoms with van der Waals surface area (Å²) >= 11 is 9.16. The zero-order chi connectivity index (χ0) is 15.7. The van der Waals surface area contributed by atoms with Gasteiger partial charge in [-0.1, -0.05) is 31.4 Å². The first-order chi connectivity index (χ1) is 10.0. The van der Waals surface area contributed by atoms with E-state index in [1.807, 2.05) is 6.92 Å². The van der Waals surface area contributed by atoms with Crippen LogP contribution in [0.3, 0.4) is 0 Å². The van der Waals surface area contributed by atoms with Crippen LogP contribution < -0.4 is 10.2 Å². The molecule has 4 nitrogen and oxygen atoms in total. The highest BCUT2D eigenvalue weighted by molar-refractivity contribution is 9.10. The minimum Gasteiger partial charge on any atom is -0.483 e. The van der Waals surface area contributed by atoms with Gasteiger partial charge < -0.3 is 4.74 Å². The number of benzene rings is 1. The molecule has 1 rings (SSSR count). The second-order valence-electron chi connectivity index (χ2n) is 4.70. The summed E-state index contributed by atoms with van der Waals surface area (Å²) in [6.45, 7) is 3.97. The molecule has 0 spiro atoms. The predicted molar refractivity (Wildman–Crippen MR) is 90.0 cm³/mol. The lowest BCUT2D eigenvalue weighted by atomic mass is 10.1. The Morgan fingerprint density at radius 3 is 2.86 bits per heavy atom. The van der Waals surface area contributed by atoms with Crippen LogP contribution in [0.4, 0.5) is 0 Å². The molecule has 1 N–H and O–H groups in total. The van der Waals surface area contributed by atoms with Gasteiger partial charge in [0.05, 0.1) is 4.47 Å². The van der Waals surface area contributed by atoms with Gasteiger partial charge in [0, 0.05) is 10.7 Å². The molecule has 1 aromatic carbocycles.